The maximum absolute atomic E-state index is 11.3. The van der Waals surface area contributed by atoms with E-state index >= 15 is 0 Å². The molecule has 0 saturated heterocycles. The summed E-state index contributed by atoms with van der Waals surface area (Å²) in [6, 6.07) is 0. The number of carbonyl (C=O) groups is 1. The van der Waals surface area contributed by atoms with Gasteiger partial charge in [-0.2, -0.15) is 0 Å². The van der Waals surface area contributed by atoms with Crippen molar-refractivity contribution in [2.75, 3.05) is 6.54 Å². The van der Waals surface area contributed by atoms with E-state index in [4.69, 9.17) is 0 Å². The molecule has 2 N–H and O–H groups in total. The van der Waals surface area contributed by atoms with Crippen LogP contribution in [0.4, 0.5) is 0 Å². The number of nitrogens with one attached hydrogen (secondary N) is 1. The fourth-order valence-corrected chi connectivity index (χ4v) is 1.77. The van der Waals surface area contributed by atoms with E-state index in [2.05, 4.69) is 5.32 Å². The van der Waals surface area contributed by atoms with E-state index in [9.17, 15) is 9.90 Å². The second-order valence-electron chi connectivity index (χ2n) is 4.03. The Morgan fingerprint density at radius 3 is 2.67 bits per heavy atom. The van der Waals surface area contributed by atoms with Gasteiger partial charge in [0, 0.05) is 12.6 Å². The summed E-state index contributed by atoms with van der Waals surface area (Å²) in [4.78, 5) is 11.3. The number of hydrogen-bond acceptors (Lipinski definition) is 2. The molecule has 0 radical (unpaired) electrons. The van der Waals surface area contributed by atoms with E-state index in [0.29, 0.717) is 6.54 Å². The Balaban J connectivity index is 2.27. The number of hydrogen-bond donors (Lipinski definition) is 2. The Hall–Kier alpha value is -1.09. The van der Waals surface area contributed by atoms with Gasteiger partial charge in [0.25, 0.3) is 0 Å². The molecule has 0 unspecified atom stereocenters. The number of allylic oxidation sites excluding steroid dienone is 3. The zero-order valence-electron chi connectivity index (χ0n) is 9.20. The van der Waals surface area contributed by atoms with Crippen molar-refractivity contribution in [3.63, 3.8) is 0 Å². The molecule has 1 rings (SSSR count). The second-order valence-corrected chi connectivity index (χ2v) is 4.03. The minimum atomic E-state index is -0.663. The van der Waals surface area contributed by atoms with E-state index in [1.807, 2.05) is 13.0 Å². The van der Waals surface area contributed by atoms with Gasteiger partial charge >= 0.3 is 0 Å². The molecule has 0 aliphatic heterocycles. The van der Waals surface area contributed by atoms with E-state index in [1.165, 1.54) is 6.08 Å². The first-order chi connectivity index (χ1) is 7.16. The lowest BCUT2D eigenvalue weighted by molar-refractivity contribution is -0.117. The first-order valence-electron chi connectivity index (χ1n) is 5.46. The summed E-state index contributed by atoms with van der Waals surface area (Å²) in [5.41, 5.74) is -0.663. The fourth-order valence-electron chi connectivity index (χ4n) is 1.77. The normalized spacial score (nSPS) is 20.1. The van der Waals surface area contributed by atoms with E-state index in [-0.39, 0.29) is 5.91 Å². The van der Waals surface area contributed by atoms with Gasteiger partial charge in [-0.3, -0.25) is 4.79 Å². The Morgan fingerprint density at radius 2 is 2.07 bits per heavy atom. The Morgan fingerprint density at radius 1 is 1.40 bits per heavy atom. The highest BCUT2D eigenvalue weighted by Gasteiger charge is 2.30. The first kappa shape index (κ1) is 12.0. The van der Waals surface area contributed by atoms with E-state index in [0.717, 1.165) is 25.7 Å². The average Bonchev–Trinajstić information content (AvgIpc) is 2.64. The van der Waals surface area contributed by atoms with Crippen LogP contribution in [0.5, 0.6) is 0 Å². The molecule has 0 heterocycles. The van der Waals surface area contributed by atoms with Gasteiger partial charge in [-0.25, -0.2) is 0 Å². The van der Waals surface area contributed by atoms with Crippen molar-refractivity contribution in [3.8, 4) is 0 Å². The van der Waals surface area contributed by atoms with Crippen LogP contribution < -0.4 is 5.32 Å². The molecule has 1 aliphatic rings. The molecule has 0 aromatic rings. The quantitative estimate of drug-likeness (QED) is 0.545. The molecule has 3 heteroatoms. The van der Waals surface area contributed by atoms with Gasteiger partial charge < -0.3 is 10.4 Å². The van der Waals surface area contributed by atoms with Gasteiger partial charge in [0.05, 0.1) is 5.60 Å². The summed E-state index contributed by atoms with van der Waals surface area (Å²) in [7, 11) is 0. The molecular formula is C12H19NO2. The number of carbonyl (C=O) groups excluding carboxylic acids is 1. The van der Waals surface area contributed by atoms with E-state index in [1.54, 1.807) is 12.2 Å². The largest absolute Gasteiger partial charge is 0.388 e. The molecule has 0 atom stereocenters. The minimum absolute atomic E-state index is 0.145. The van der Waals surface area contributed by atoms with Crippen LogP contribution in [-0.2, 0) is 4.79 Å². The van der Waals surface area contributed by atoms with Crippen molar-refractivity contribution < 1.29 is 9.90 Å². The summed E-state index contributed by atoms with van der Waals surface area (Å²) in [5, 5.41) is 12.7. The summed E-state index contributed by atoms with van der Waals surface area (Å²) in [5.74, 6) is -0.145. The summed E-state index contributed by atoms with van der Waals surface area (Å²) < 4.78 is 0. The lowest BCUT2D eigenvalue weighted by Crippen LogP contribution is -2.40. The molecule has 1 amide bonds. The monoisotopic (exact) mass is 209 g/mol. The van der Waals surface area contributed by atoms with Gasteiger partial charge in [0.2, 0.25) is 5.91 Å². The van der Waals surface area contributed by atoms with Crippen LogP contribution in [0.2, 0.25) is 0 Å². The lowest BCUT2D eigenvalue weighted by Gasteiger charge is -2.21. The molecule has 3 nitrogen and oxygen atoms in total. The predicted octanol–water partition coefficient (Wildman–Crippen LogP) is 1.54. The van der Waals surface area contributed by atoms with Crippen molar-refractivity contribution >= 4 is 5.91 Å². The molecular weight excluding hydrogens is 190 g/mol. The van der Waals surface area contributed by atoms with Crippen LogP contribution in [0.3, 0.4) is 0 Å². The maximum atomic E-state index is 11.3. The second kappa shape index (κ2) is 5.71. The number of amides is 1. The van der Waals surface area contributed by atoms with Gasteiger partial charge in [-0.15, -0.1) is 0 Å². The lowest BCUT2D eigenvalue weighted by atomic mass is 10.0. The van der Waals surface area contributed by atoms with Crippen LogP contribution in [0.25, 0.3) is 0 Å². The topological polar surface area (TPSA) is 49.3 Å². The third kappa shape index (κ3) is 4.30. The highest BCUT2D eigenvalue weighted by Crippen LogP contribution is 2.28. The van der Waals surface area contributed by atoms with Crippen LogP contribution in [0, 0.1) is 0 Å². The smallest absolute Gasteiger partial charge is 0.244 e. The minimum Gasteiger partial charge on any atom is -0.388 e. The maximum Gasteiger partial charge on any atom is 0.244 e. The highest BCUT2D eigenvalue weighted by atomic mass is 16.3. The average molecular weight is 209 g/mol. The van der Waals surface area contributed by atoms with Gasteiger partial charge in [0.1, 0.15) is 0 Å². The zero-order valence-corrected chi connectivity index (χ0v) is 9.20. The van der Waals surface area contributed by atoms with Crippen molar-refractivity contribution in [1.29, 1.82) is 0 Å². The van der Waals surface area contributed by atoms with Crippen molar-refractivity contribution in [1.82, 2.24) is 5.32 Å². The molecule has 84 valence electrons. The number of aliphatic hydroxyl groups is 1. The standard InChI is InChI=1S/C12H19NO2/c1-2-3-4-7-11(14)13-10-12(15)8-5-6-9-12/h2-4,7,15H,5-6,8-10H2,1H3,(H,13,14). The number of rotatable bonds is 4. The molecule has 0 aromatic heterocycles. The summed E-state index contributed by atoms with van der Waals surface area (Å²) in [6.07, 6.45) is 10.5. The van der Waals surface area contributed by atoms with Gasteiger partial charge in [-0.05, 0) is 19.8 Å². The summed E-state index contributed by atoms with van der Waals surface area (Å²) in [6.45, 7) is 2.26. The molecule has 1 fully saturated rings. The van der Waals surface area contributed by atoms with Crippen LogP contribution >= 0.6 is 0 Å². The molecule has 15 heavy (non-hydrogen) atoms. The molecule has 0 aromatic carbocycles. The van der Waals surface area contributed by atoms with Crippen LogP contribution in [0.15, 0.2) is 24.3 Å². The zero-order chi connectivity index (χ0) is 11.1. The molecule has 0 bridgehead atoms. The highest BCUT2D eigenvalue weighted by molar-refractivity contribution is 5.87. The molecule has 1 saturated carbocycles. The third-order valence-electron chi connectivity index (χ3n) is 2.68. The third-order valence-corrected chi connectivity index (χ3v) is 2.68. The SMILES string of the molecule is CC=CC=CC(=O)NCC1(O)CCCC1. The Labute approximate surface area is 90.9 Å². The first-order valence-corrected chi connectivity index (χ1v) is 5.46. The van der Waals surface area contributed by atoms with Crippen molar-refractivity contribution in [3.05, 3.63) is 24.3 Å². The fraction of sp³-hybridized carbons (Fsp3) is 0.583. The molecule has 1 aliphatic carbocycles. The summed E-state index contributed by atoms with van der Waals surface area (Å²) >= 11 is 0. The van der Waals surface area contributed by atoms with Crippen molar-refractivity contribution in [2.24, 2.45) is 0 Å². The predicted molar refractivity (Wildman–Crippen MR) is 60.4 cm³/mol. The van der Waals surface area contributed by atoms with E-state index < -0.39 is 5.60 Å². The van der Waals surface area contributed by atoms with Crippen LogP contribution in [-0.4, -0.2) is 23.2 Å². The van der Waals surface area contributed by atoms with Crippen molar-refractivity contribution in [2.45, 2.75) is 38.2 Å². The Kier molecular flexibility index (Phi) is 4.56. The van der Waals surface area contributed by atoms with Gasteiger partial charge in [0.15, 0.2) is 0 Å². The molecule has 0 spiro atoms. The Bertz CT molecular complexity index is 263. The van der Waals surface area contributed by atoms with Crippen LogP contribution in [0.1, 0.15) is 32.6 Å². The van der Waals surface area contributed by atoms with Gasteiger partial charge in [-0.1, -0.05) is 31.1 Å².